The second-order valence-electron chi connectivity index (χ2n) is 9.38. The maximum Gasteiger partial charge on any atom is 2.00 e. The average Bonchev–Trinajstić information content (AvgIpc) is 2.31. The summed E-state index contributed by atoms with van der Waals surface area (Å²) in [6.45, 7) is 19.6. The molecule has 0 aromatic heterocycles. The molecule has 25 heavy (non-hydrogen) atoms. The molecule has 1 aromatic rings. The fourth-order valence-corrected chi connectivity index (χ4v) is 8.28. The van der Waals surface area contributed by atoms with Crippen LogP contribution in [0.5, 0.6) is 0 Å². The molecule has 0 saturated carbocycles. The Kier molecular flexibility index (Phi) is 10.2. The third-order valence-corrected chi connectivity index (χ3v) is 8.12. The quantitative estimate of drug-likeness (QED) is 0.311. The first kappa shape index (κ1) is 26.8. The van der Waals surface area contributed by atoms with Gasteiger partial charge in [-0.15, -0.1) is 5.54 Å². The summed E-state index contributed by atoms with van der Waals surface area (Å²) in [5.74, 6) is 0.0439. The predicted molar refractivity (Wildman–Crippen MR) is 112 cm³/mol. The Bertz CT molecular complexity index is 510. The van der Waals surface area contributed by atoms with Crippen molar-refractivity contribution in [3.8, 4) is 0 Å². The van der Waals surface area contributed by atoms with Gasteiger partial charge in [0.25, 0.3) is 0 Å². The van der Waals surface area contributed by atoms with Crippen LogP contribution >= 0.6 is 7.92 Å². The van der Waals surface area contributed by atoms with Crippen LogP contribution in [0.1, 0.15) is 73.5 Å². The number of amides is 1. The van der Waals surface area contributed by atoms with Crippen molar-refractivity contribution in [2.75, 3.05) is 0 Å². The summed E-state index contributed by atoms with van der Waals surface area (Å²) in [6, 6.07) is 10.2. The Labute approximate surface area is 167 Å². The molecule has 1 aromatic carbocycles. The number of rotatable bonds is 3. The van der Waals surface area contributed by atoms with Crippen LogP contribution in [-0.2, 0) is 21.3 Å². The van der Waals surface area contributed by atoms with Crippen LogP contribution < -0.4 is 0 Å². The summed E-state index contributed by atoms with van der Waals surface area (Å²) in [7, 11) is -1.08. The summed E-state index contributed by atoms with van der Waals surface area (Å²) in [4.78, 5) is 13.2. The van der Waals surface area contributed by atoms with Crippen molar-refractivity contribution in [1.82, 2.24) is 0 Å². The molecule has 1 unspecified atom stereocenters. The molecule has 146 valence electrons. The average molecular weight is 409 g/mol. The van der Waals surface area contributed by atoms with Gasteiger partial charge in [-0.05, 0) is 47.1 Å². The smallest absolute Gasteiger partial charge is 0.645 e. The topological polar surface area (TPSA) is 31.2 Å². The molecule has 1 atom stereocenters. The van der Waals surface area contributed by atoms with Crippen LogP contribution in [0.4, 0.5) is 0 Å². The van der Waals surface area contributed by atoms with E-state index >= 15 is 0 Å². The monoisotopic (exact) mass is 408 g/mol. The van der Waals surface area contributed by atoms with Crippen LogP contribution in [0.3, 0.4) is 0 Å². The Morgan fingerprint density at radius 3 is 1.60 bits per heavy atom. The fraction of sp³-hybridized carbons (Fsp3) is 0.619. The first-order valence-electron chi connectivity index (χ1n) is 8.43. The van der Waals surface area contributed by atoms with Gasteiger partial charge in [0.15, 0.2) is 0 Å². The first-order valence-corrected chi connectivity index (χ1v) is 10.0. The maximum atomic E-state index is 13.2. The van der Waals surface area contributed by atoms with Crippen LogP contribution in [0, 0.1) is 7.43 Å². The van der Waals surface area contributed by atoms with Crippen molar-refractivity contribution in [3.05, 3.63) is 48.6 Å². The van der Waals surface area contributed by atoms with Gasteiger partial charge in [-0.1, -0.05) is 51.1 Å². The molecule has 0 saturated heterocycles. The fourth-order valence-electron chi connectivity index (χ4n) is 3.46. The number of nitrogens with zero attached hydrogens (tertiary/aromatic N) is 1. The Morgan fingerprint density at radius 1 is 0.880 bits per heavy atom. The number of carbonyl (C=O) groups is 1. The van der Waals surface area contributed by atoms with E-state index in [0.29, 0.717) is 0 Å². The summed E-state index contributed by atoms with van der Waals surface area (Å²) < 4.78 is 0. The molecular formula is C21H37NNiOP+. The second-order valence-corrected chi connectivity index (χ2v) is 13.8. The molecule has 0 spiro atoms. The Balaban J connectivity index is 0. The summed E-state index contributed by atoms with van der Waals surface area (Å²) >= 11 is 0. The van der Waals surface area contributed by atoms with Crippen LogP contribution in [-0.4, -0.2) is 21.8 Å². The Hall–Kier alpha value is -0.386. The minimum atomic E-state index is -1.08. The van der Waals surface area contributed by atoms with E-state index in [1.54, 1.807) is 0 Å². The predicted octanol–water partition coefficient (Wildman–Crippen LogP) is 6.69. The number of benzene rings is 1. The number of carbonyl (C=O) groups excluding carboxylic acids is 1. The van der Waals surface area contributed by atoms with E-state index in [-0.39, 0.29) is 51.3 Å². The maximum absolute atomic E-state index is 13.2. The molecule has 0 aliphatic carbocycles. The minimum absolute atomic E-state index is 0. The van der Waals surface area contributed by atoms with Gasteiger partial charge in [-0.3, -0.25) is 0 Å². The number of hydrogen-bond acceptors (Lipinski definition) is 1. The summed E-state index contributed by atoms with van der Waals surface area (Å²) in [5, 5.41) is 4.73. The van der Waals surface area contributed by atoms with Crippen LogP contribution in [0.25, 0.3) is 5.32 Å². The molecule has 0 bridgehead atoms. The van der Waals surface area contributed by atoms with Gasteiger partial charge >= 0.3 is 16.5 Å². The van der Waals surface area contributed by atoms with Gasteiger partial charge in [-0.25, -0.2) is 0 Å². The molecule has 0 aliphatic heterocycles. The van der Waals surface area contributed by atoms with Gasteiger partial charge in [0.1, 0.15) is 5.66 Å². The second kappa shape index (κ2) is 9.52. The third-order valence-electron chi connectivity index (χ3n) is 3.73. The SMILES string of the molecule is CC(C)(C)[N-]C(=O)C(c1ccccc1)[PH+](C(C)(C)C)C(C)(C)C.[CH3-].[Ni+2]. The van der Waals surface area contributed by atoms with Crippen molar-refractivity contribution in [2.24, 2.45) is 0 Å². The van der Waals surface area contributed by atoms with Crippen LogP contribution in [0.2, 0.25) is 0 Å². The molecule has 0 heterocycles. The molecule has 1 amide bonds. The van der Waals surface area contributed by atoms with Crippen molar-refractivity contribution < 1.29 is 21.3 Å². The molecule has 0 aliphatic rings. The third kappa shape index (κ3) is 8.23. The molecule has 1 rings (SSSR count). The largest absolute Gasteiger partial charge is 2.00 e. The zero-order valence-electron chi connectivity index (χ0n) is 17.6. The van der Waals surface area contributed by atoms with E-state index in [4.69, 9.17) is 0 Å². The van der Waals surface area contributed by atoms with E-state index in [0.717, 1.165) is 5.56 Å². The zero-order chi connectivity index (χ0) is 18.1. The van der Waals surface area contributed by atoms with Gasteiger partial charge in [0.2, 0.25) is 0 Å². The summed E-state index contributed by atoms with van der Waals surface area (Å²) in [6.07, 6.45) is 0. The normalized spacial score (nSPS) is 13.5. The van der Waals surface area contributed by atoms with Crippen molar-refractivity contribution >= 4 is 13.8 Å². The van der Waals surface area contributed by atoms with Crippen molar-refractivity contribution in [2.45, 2.75) is 83.8 Å². The molecule has 2 nitrogen and oxygen atoms in total. The van der Waals surface area contributed by atoms with Gasteiger partial charge in [0.05, 0.1) is 16.2 Å². The molecular weight excluding hydrogens is 372 g/mol. The van der Waals surface area contributed by atoms with E-state index in [1.807, 2.05) is 39.0 Å². The van der Waals surface area contributed by atoms with E-state index in [2.05, 4.69) is 59.0 Å². The van der Waals surface area contributed by atoms with E-state index < -0.39 is 7.92 Å². The van der Waals surface area contributed by atoms with Crippen LogP contribution in [0.15, 0.2) is 30.3 Å². The van der Waals surface area contributed by atoms with Gasteiger partial charge in [-0.2, -0.15) is 0 Å². The van der Waals surface area contributed by atoms with E-state index in [9.17, 15) is 4.79 Å². The molecule has 0 fully saturated rings. The summed E-state index contributed by atoms with van der Waals surface area (Å²) in [5.41, 5.74) is 0.664. The van der Waals surface area contributed by atoms with E-state index in [1.165, 1.54) is 0 Å². The minimum Gasteiger partial charge on any atom is -0.645 e. The molecule has 4 heteroatoms. The van der Waals surface area contributed by atoms with Crippen molar-refractivity contribution in [3.63, 3.8) is 0 Å². The molecule has 0 radical (unpaired) electrons. The first-order chi connectivity index (χ1) is 10.2. The Morgan fingerprint density at radius 2 is 1.28 bits per heavy atom. The number of hydrogen-bond donors (Lipinski definition) is 0. The standard InChI is InChI=1S/C20H34NOP.CH3.Ni/c1-18(2,3)21-17(22)16(15-13-11-10-12-14-15)23(19(4,5)6)20(7,8)9;;/h10-14,16H,1-9H3,(H,21,22);1H3;/q;-1;+2. The zero-order valence-corrected chi connectivity index (χ0v) is 19.6. The van der Waals surface area contributed by atoms with Gasteiger partial charge in [0, 0.05) is 7.92 Å². The van der Waals surface area contributed by atoms with Crippen molar-refractivity contribution in [1.29, 1.82) is 0 Å². The molecule has 0 N–H and O–H groups in total. The van der Waals surface area contributed by atoms with Gasteiger partial charge < -0.3 is 17.5 Å².